The molecule has 0 aromatic carbocycles. The zero-order valence-electron chi connectivity index (χ0n) is 9.67. The van der Waals surface area contributed by atoms with Crippen LogP contribution >= 0.6 is 0 Å². The van der Waals surface area contributed by atoms with Crippen molar-refractivity contribution in [1.82, 2.24) is 0 Å². The maximum Gasteiger partial charge on any atom is 0.0488 e. The average molecular weight is 199 g/mol. The Morgan fingerprint density at radius 2 is 1.93 bits per heavy atom. The molecule has 1 aliphatic carbocycles. The fourth-order valence-corrected chi connectivity index (χ4v) is 2.57. The summed E-state index contributed by atoms with van der Waals surface area (Å²) in [6.07, 6.45) is 8.01. The summed E-state index contributed by atoms with van der Waals surface area (Å²) >= 11 is 0. The maximum atomic E-state index is 6.22. The van der Waals surface area contributed by atoms with Crippen LogP contribution in [0.15, 0.2) is 0 Å². The van der Waals surface area contributed by atoms with Crippen LogP contribution in [0.2, 0.25) is 0 Å². The van der Waals surface area contributed by atoms with Gasteiger partial charge in [-0.3, -0.25) is 0 Å². The largest absolute Gasteiger partial charge is 0.384 e. The van der Waals surface area contributed by atoms with Crippen molar-refractivity contribution in [2.24, 2.45) is 17.6 Å². The lowest BCUT2D eigenvalue weighted by Gasteiger charge is -2.29. The normalized spacial score (nSPS) is 23.4. The van der Waals surface area contributed by atoms with Gasteiger partial charge in [0.2, 0.25) is 0 Å². The molecule has 2 heteroatoms. The van der Waals surface area contributed by atoms with E-state index in [1.165, 1.54) is 32.1 Å². The molecule has 2 atom stereocenters. The Kier molecular flexibility index (Phi) is 5.49. The van der Waals surface area contributed by atoms with Crippen molar-refractivity contribution in [2.75, 3.05) is 13.7 Å². The highest BCUT2D eigenvalue weighted by molar-refractivity contribution is 4.77. The monoisotopic (exact) mass is 199 g/mol. The SMILES string of the molecule is COCC(C)CC(N)C1CCCCC1. The van der Waals surface area contributed by atoms with Gasteiger partial charge in [0.15, 0.2) is 0 Å². The Morgan fingerprint density at radius 1 is 1.29 bits per heavy atom. The standard InChI is InChI=1S/C12H25NO/c1-10(9-14-2)8-12(13)11-6-4-3-5-7-11/h10-12H,3-9,13H2,1-2H3. The van der Waals surface area contributed by atoms with Crippen LogP contribution in [0.1, 0.15) is 45.4 Å². The molecule has 2 nitrogen and oxygen atoms in total. The van der Waals surface area contributed by atoms with E-state index in [1.54, 1.807) is 7.11 Å². The Balaban J connectivity index is 2.21. The molecule has 0 spiro atoms. The molecule has 0 saturated heterocycles. The van der Waals surface area contributed by atoms with Gasteiger partial charge in [-0.2, -0.15) is 0 Å². The highest BCUT2D eigenvalue weighted by atomic mass is 16.5. The summed E-state index contributed by atoms with van der Waals surface area (Å²) in [4.78, 5) is 0. The van der Waals surface area contributed by atoms with Gasteiger partial charge in [-0.05, 0) is 31.1 Å². The van der Waals surface area contributed by atoms with Crippen molar-refractivity contribution in [3.63, 3.8) is 0 Å². The molecule has 0 amide bonds. The fraction of sp³-hybridized carbons (Fsp3) is 1.00. The molecular formula is C12H25NO. The third kappa shape index (κ3) is 3.97. The van der Waals surface area contributed by atoms with Crippen LogP contribution in [-0.2, 0) is 4.74 Å². The molecule has 0 bridgehead atoms. The summed E-state index contributed by atoms with van der Waals surface area (Å²) in [5, 5.41) is 0. The van der Waals surface area contributed by atoms with E-state index in [4.69, 9.17) is 10.5 Å². The molecule has 14 heavy (non-hydrogen) atoms. The van der Waals surface area contributed by atoms with Crippen molar-refractivity contribution in [1.29, 1.82) is 0 Å². The van der Waals surface area contributed by atoms with Crippen molar-refractivity contribution in [3.05, 3.63) is 0 Å². The van der Waals surface area contributed by atoms with Crippen molar-refractivity contribution in [2.45, 2.75) is 51.5 Å². The third-order valence-electron chi connectivity index (χ3n) is 3.38. The molecule has 2 N–H and O–H groups in total. The molecule has 2 unspecified atom stereocenters. The number of rotatable bonds is 5. The minimum absolute atomic E-state index is 0.403. The van der Waals surface area contributed by atoms with Crippen LogP contribution < -0.4 is 5.73 Å². The summed E-state index contributed by atoms with van der Waals surface area (Å²) in [7, 11) is 1.77. The van der Waals surface area contributed by atoms with Gasteiger partial charge in [0.1, 0.15) is 0 Å². The first-order chi connectivity index (χ1) is 6.74. The van der Waals surface area contributed by atoms with Crippen molar-refractivity contribution in [3.8, 4) is 0 Å². The zero-order valence-corrected chi connectivity index (χ0v) is 9.67. The first-order valence-corrected chi connectivity index (χ1v) is 5.98. The molecule has 0 radical (unpaired) electrons. The van der Waals surface area contributed by atoms with Gasteiger partial charge >= 0.3 is 0 Å². The number of ether oxygens (including phenoxy) is 1. The number of hydrogen-bond acceptors (Lipinski definition) is 2. The Hall–Kier alpha value is -0.0800. The first kappa shape index (κ1) is 12.0. The molecule has 0 aliphatic heterocycles. The van der Waals surface area contributed by atoms with E-state index in [-0.39, 0.29) is 0 Å². The predicted molar refractivity (Wildman–Crippen MR) is 60.2 cm³/mol. The average Bonchev–Trinajstić information content (AvgIpc) is 2.19. The van der Waals surface area contributed by atoms with E-state index >= 15 is 0 Å². The van der Waals surface area contributed by atoms with Gasteiger partial charge < -0.3 is 10.5 Å². The molecule has 0 aromatic rings. The predicted octanol–water partition coefficient (Wildman–Crippen LogP) is 2.57. The van der Waals surface area contributed by atoms with Gasteiger partial charge in [0.05, 0.1) is 0 Å². The number of hydrogen-bond donors (Lipinski definition) is 1. The zero-order chi connectivity index (χ0) is 10.4. The molecule has 0 heterocycles. The quantitative estimate of drug-likeness (QED) is 0.738. The van der Waals surface area contributed by atoms with Crippen LogP contribution in [0.3, 0.4) is 0 Å². The second-order valence-corrected chi connectivity index (χ2v) is 4.86. The van der Waals surface area contributed by atoms with Crippen LogP contribution in [0.4, 0.5) is 0 Å². The molecule has 1 saturated carbocycles. The molecule has 1 aliphatic rings. The lowest BCUT2D eigenvalue weighted by molar-refractivity contribution is 0.143. The van der Waals surface area contributed by atoms with Crippen molar-refractivity contribution >= 4 is 0 Å². The second kappa shape index (κ2) is 6.41. The molecule has 84 valence electrons. The number of nitrogens with two attached hydrogens (primary N) is 1. The molecule has 1 fully saturated rings. The lowest BCUT2D eigenvalue weighted by atomic mass is 9.81. The van der Waals surface area contributed by atoms with Crippen LogP contribution in [0, 0.1) is 11.8 Å². The maximum absolute atomic E-state index is 6.22. The second-order valence-electron chi connectivity index (χ2n) is 4.86. The summed E-state index contributed by atoms with van der Waals surface area (Å²) < 4.78 is 5.14. The highest BCUT2D eigenvalue weighted by Gasteiger charge is 2.21. The fourth-order valence-electron chi connectivity index (χ4n) is 2.57. The summed E-state index contributed by atoms with van der Waals surface area (Å²) in [6, 6.07) is 0.403. The van der Waals surface area contributed by atoms with Gasteiger partial charge in [-0.15, -0.1) is 0 Å². The van der Waals surface area contributed by atoms with Gasteiger partial charge in [-0.25, -0.2) is 0 Å². The van der Waals surface area contributed by atoms with E-state index in [0.29, 0.717) is 12.0 Å². The Morgan fingerprint density at radius 3 is 2.50 bits per heavy atom. The third-order valence-corrected chi connectivity index (χ3v) is 3.38. The summed E-state index contributed by atoms with van der Waals surface area (Å²) in [5.74, 6) is 1.39. The Labute approximate surface area is 88.2 Å². The van der Waals surface area contributed by atoms with Crippen LogP contribution in [-0.4, -0.2) is 19.8 Å². The lowest BCUT2D eigenvalue weighted by Crippen LogP contribution is -2.33. The van der Waals surface area contributed by atoms with E-state index in [9.17, 15) is 0 Å². The minimum Gasteiger partial charge on any atom is -0.384 e. The van der Waals surface area contributed by atoms with Gasteiger partial charge in [0.25, 0.3) is 0 Å². The van der Waals surface area contributed by atoms with E-state index in [2.05, 4.69) is 6.92 Å². The van der Waals surface area contributed by atoms with E-state index in [0.717, 1.165) is 18.9 Å². The highest BCUT2D eigenvalue weighted by Crippen LogP contribution is 2.27. The topological polar surface area (TPSA) is 35.2 Å². The smallest absolute Gasteiger partial charge is 0.0488 e. The minimum atomic E-state index is 0.403. The molecule has 0 aromatic heterocycles. The van der Waals surface area contributed by atoms with E-state index in [1.807, 2.05) is 0 Å². The Bertz CT molecular complexity index is 143. The van der Waals surface area contributed by atoms with E-state index < -0.39 is 0 Å². The van der Waals surface area contributed by atoms with Crippen molar-refractivity contribution < 1.29 is 4.74 Å². The number of methoxy groups -OCH3 is 1. The molecule has 1 rings (SSSR count). The van der Waals surface area contributed by atoms with Crippen LogP contribution in [0.25, 0.3) is 0 Å². The van der Waals surface area contributed by atoms with Gasteiger partial charge in [-0.1, -0.05) is 26.2 Å². The van der Waals surface area contributed by atoms with Gasteiger partial charge in [0, 0.05) is 19.8 Å². The summed E-state index contributed by atoms with van der Waals surface area (Å²) in [5.41, 5.74) is 6.22. The molecular weight excluding hydrogens is 174 g/mol. The van der Waals surface area contributed by atoms with Crippen LogP contribution in [0.5, 0.6) is 0 Å². The summed E-state index contributed by atoms with van der Waals surface area (Å²) in [6.45, 7) is 3.08. The first-order valence-electron chi connectivity index (χ1n) is 5.98.